The number of hydrogen-bond donors (Lipinski definition) is 1. The van der Waals surface area contributed by atoms with Crippen molar-refractivity contribution in [1.29, 1.82) is 0 Å². The number of allylic oxidation sites excluding steroid dienone is 1. The monoisotopic (exact) mass is 331 g/mol. The zero-order chi connectivity index (χ0) is 14.0. The molecule has 0 spiro atoms. The SMILES string of the molecule is CC/C(=C\COCCCNC(=O)C(F)(F)F)CBr. The lowest BCUT2D eigenvalue weighted by Gasteiger charge is -2.07. The van der Waals surface area contributed by atoms with Gasteiger partial charge in [0.1, 0.15) is 0 Å². The molecule has 0 aromatic rings. The molecule has 7 heteroatoms. The molecule has 1 amide bonds. The lowest BCUT2D eigenvalue weighted by molar-refractivity contribution is -0.173. The zero-order valence-electron chi connectivity index (χ0n) is 10.1. The van der Waals surface area contributed by atoms with E-state index in [-0.39, 0.29) is 6.54 Å². The molecule has 0 fully saturated rings. The van der Waals surface area contributed by atoms with Crippen molar-refractivity contribution < 1.29 is 22.7 Å². The van der Waals surface area contributed by atoms with E-state index in [0.717, 1.165) is 11.8 Å². The average molecular weight is 332 g/mol. The second-order valence-electron chi connectivity index (χ2n) is 3.53. The highest BCUT2D eigenvalue weighted by atomic mass is 79.9. The molecule has 0 atom stereocenters. The van der Waals surface area contributed by atoms with Crippen molar-refractivity contribution in [3.63, 3.8) is 0 Å². The molecule has 0 saturated heterocycles. The summed E-state index contributed by atoms with van der Waals surface area (Å²) in [5.74, 6) is -1.91. The molecule has 0 aromatic carbocycles. The van der Waals surface area contributed by atoms with Gasteiger partial charge in [-0.25, -0.2) is 0 Å². The number of carbonyl (C=O) groups is 1. The summed E-state index contributed by atoms with van der Waals surface area (Å²) < 4.78 is 40.6. The molecule has 0 heterocycles. The first-order chi connectivity index (χ1) is 8.41. The van der Waals surface area contributed by atoms with Crippen LogP contribution in [0.25, 0.3) is 0 Å². The Labute approximate surface area is 113 Å². The number of rotatable bonds is 8. The van der Waals surface area contributed by atoms with Crippen LogP contribution in [-0.2, 0) is 9.53 Å². The Morgan fingerprint density at radius 1 is 1.44 bits per heavy atom. The van der Waals surface area contributed by atoms with Crippen LogP contribution in [0.1, 0.15) is 19.8 Å². The number of alkyl halides is 4. The Kier molecular flexibility index (Phi) is 9.09. The van der Waals surface area contributed by atoms with Crippen molar-refractivity contribution in [2.75, 3.05) is 25.1 Å². The van der Waals surface area contributed by atoms with E-state index in [0.29, 0.717) is 19.6 Å². The molecule has 0 aliphatic rings. The molecular formula is C11H17BrF3NO2. The average Bonchev–Trinajstić information content (AvgIpc) is 2.31. The third kappa shape index (κ3) is 8.52. The van der Waals surface area contributed by atoms with Crippen LogP contribution in [0.15, 0.2) is 11.6 Å². The molecule has 1 N–H and O–H groups in total. The van der Waals surface area contributed by atoms with Gasteiger partial charge in [-0.3, -0.25) is 4.79 Å². The molecule has 3 nitrogen and oxygen atoms in total. The number of ether oxygens (including phenoxy) is 1. The fraction of sp³-hybridized carbons (Fsp3) is 0.727. The van der Waals surface area contributed by atoms with E-state index in [1.807, 2.05) is 13.0 Å². The quantitative estimate of drug-likeness (QED) is 0.422. The lowest BCUT2D eigenvalue weighted by atomic mass is 10.2. The molecule has 18 heavy (non-hydrogen) atoms. The normalized spacial score (nSPS) is 12.6. The highest BCUT2D eigenvalue weighted by Gasteiger charge is 2.38. The molecule has 0 aliphatic heterocycles. The van der Waals surface area contributed by atoms with Crippen LogP contribution in [0.3, 0.4) is 0 Å². The minimum atomic E-state index is -4.81. The van der Waals surface area contributed by atoms with Gasteiger partial charge in [0.25, 0.3) is 0 Å². The first-order valence-corrected chi connectivity index (χ1v) is 6.70. The first-order valence-electron chi connectivity index (χ1n) is 5.58. The van der Waals surface area contributed by atoms with Gasteiger partial charge < -0.3 is 10.1 Å². The number of nitrogens with one attached hydrogen (secondary N) is 1. The molecule has 0 aromatic heterocycles. The van der Waals surface area contributed by atoms with Crippen LogP contribution in [0, 0.1) is 0 Å². The van der Waals surface area contributed by atoms with Gasteiger partial charge in [-0.2, -0.15) is 13.2 Å². The van der Waals surface area contributed by atoms with Crippen molar-refractivity contribution in [3.05, 3.63) is 11.6 Å². The van der Waals surface area contributed by atoms with Crippen LogP contribution in [0.5, 0.6) is 0 Å². The van der Waals surface area contributed by atoms with Crippen molar-refractivity contribution in [3.8, 4) is 0 Å². The van der Waals surface area contributed by atoms with E-state index in [1.54, 1.807) is 5.32 Å². The van der Waals surface area contributed by atoms with Crippen molar-refractivity contribution in [2.45, 2.75) is 25.9 Å². The Morgan fingerprint density at radius 2 is 2.11 bits per heavy atom. The van der Waals surface area contributed by atoms with Crippen LogP contribution >= 0.6 is 15.9 Å². The molecule has 0 rings (SSSR count). The molecule has 0 bridgehead atoms. The summed E-state index contributed by atoms with van der Waals surface area (Å²) >= 11 is 3.33. The summed E-state index contributed by atoms with van der Waals surface area (Å²) in [5, 5.41) is 2.56. The summed E-state index contributed by atoms with van der Waals surface area (Å²) in [6.07, 6.45) is -1.60. The van der Waals surface area contributed by atoms with Crippen LogP contribution in [0.4, 0.5) is 13.2 Å². The molecule has 0 aliphatic carbocycles. The smallest absolute Gasteiger partial charge is 0.377 e. The van der Waals surface area contributed by atoms with E-state index in [4.69, 9.17) is 4.74 Å². The third-order valence-electron chi connectivity index (χ3n) is 2.12. The maximum Gasteiger partial charge on any atom is 0.471 e. The Hall–Kier alpha value is -0.560. The summed E-state index contributed by atoms with van der Waals surface area (Å²) in [4.78, 5) is 10.4. The van der Waals surface area contributed by atoms with E-state index in [1.165, 1.54) is 5.57 Å². The number of amides is 1. The van der Waals surface area contributed by atoms with Crippen molar-refractivity contribution in [2.24, 2.45) is 0 Å². The van der Waals surface area contributed by atoms with E-state index in [2.05, 4.69) is 15.9 Å². The zero-order valence-corrected chi connectivity index (χ0v) is 11.7. The topological polar surface area (TPSA) is 38.3 Å². The molecule has 106 valence electrons. The van der Waals surface area contributed by atoms with Crippen LogP contribution in [-0.4, -0.2) is 37.2 Å². The Bertz CT molecular complexity index is 274. The van der Waals surface area contributed by atoms with Gasteiger partial charge in [0.05, 0.1) is 6.61 Å². The van der Waals surface area contributed by atoms with Gasteiger partial charge in [-0.15, -0.1) is 0 Å². The maximum absolute atomic E-state index is 11.8. The maximum atomic E-state index is 11.8. The molecule has 0 radical (unpaired) electrons. The van der Waals surface area contributed by atoms with Crippen LogP contribution in [0.2, 0.25) is 0 Å². The number of hydrogen-bond acceptors (Lipinski definition) is 2. The Balaban J connectivity index is 3.53. The highest BCUT2D eigenvalue weighted by molar-refractivity contribution is 9.09. The molecule has 0 saturated carbocycles. The van der Waals surface area contributed by atoms with Crippen molar-refractivity contribution >= 4 is 21.8 Å². The highest BCUT2D eigenvalue weighted by Crippen LogP contribution is 2.13. The van der Waals surface area contributed by atoms with Gasteiger partial charge in [0, 0.05) is 18.5 Å². The van der Waals surface area contributed by atoms with E-state index < -0.39 is 12.1 Å². The molecular weight excluding hydrogens is 315 g/mol. The first kappa shape index (κ1) is 17.4. The summed E-state index contributed by atoms with van der Waals surface area (Å²) in [6.45, 7) is 2.73. The fourth-order valence-corrected chi connectivity index (χ4v) is 1.66. The van der Waals surface area contributed by atoms with Gasteiger partial charge in [-0.1, -0.05) is 34.5 Å². The predicted molar refractivity (Wildman–Crippen MR) is 66.7 cm³/mol. The van der Waals surface area contributed by atoms with Gasteiger partial charge >= 0.3 is 12.1 Å². The summed E-state index contributed by atoms with van der Waals surface area (Å²) in [5.41, 5.74) is 1.21. The summed E-state index contributed by atoms with van der Waals surface area (Å²) in [6, 6.07) is 0. The van der Waals surface area contributed by atoms with Crippen LogP contribution < -0.4 is 5.32 Å². The van der Waals surface area contributed by atoms with Gasteiger partial charge in [-0.05, 0) is 12.8 Å². The van der Waals surface area contributed by atoms with Gasteiger partial charge in [0.15, 0.2) is 0 Å². The molecule has 0 unspecified atom stereocenters. The third-order valence-corrected chi connectivity index (χ3v) is 2.84. The standard InChI is InChI=1S/C11H17BrF3NO2/c1-2-9(8-12)4-7-18-6-3-5-16-10(17)11(13,14)15/h4H,2-3,5-8H2,1H3,(H,16,17)/b9-4+. The second kappa shape index (κ2) is 9.38. The largest absolute Gasteiger partial charge is 0.471 e. The van der Waals surface area contributed by atoms with Gasteiger partial charge in [0.2, 0.25) is 0 Å². The van der Waals surface area contributed by atoms with E-state index >= 15 is 0 Å². The number of carbonyl (C=O) groups excluding carboxylic acids is 1. The second-order valence-corrected chi connectivity index (χ2v) is 4.09. The number of halogens is 4. The Morgan fingerprint density at radius 3 is 2.61 bits per heavy atom. The minimum absolute atomic E-state index is 0.0405. The lowest BCUT2D eigenvalue weighted by Crippen LogP contribution is -2.37. The summed E-state index contributed by atoms with van der Waals surface area (Å²) in [7, 11) is 0. The fourth-order valence-electron chi connectivity index (χ4n) is 1.03. The van der Waals surface area contributed by atoms with Crippen molar-refractivity contribution in [1.82, 2.24) is 5.32 Å². The minimum Gasteiger partial charge on any atom is -0.377 e. The van der Waals surface area contributed by atoms with E-state index in [9.17, 15) is 18.0 Å². The predicted octanol–water partition coefficient (Wildman–Crippen LogP) is 2.80.